The first-order chi connectivity index (χ1) is 12.3. The van der Waals surface area contributed by atoms with E-state index in [0.717, 1.165) is 43.5 Å². The number of carbonyl (C=O) groups is 1. The molecule has 25 heavy (non-hydrogen) atoms. The Balaban J connectivity index is 1.42. The number of nitrogens with zero attached hydrogens (tertiary/aromatic N) is 5. The topological polar surface area (TPSA) is 89.1 Å². The molecular formula is C17H18N6O2. The lowest BCUT2D eigenvalue weighted by molar-refractivity contribution is 0.0618. The van der Waals surface area contributed by atoms with Gasteiger partial charge in [0.1, 0.15) is 30.3 Å². The summed E-state index contributed by atoms with van der Waals surface area (Å²) in [5.41, 5.74) is 1.75. The average molecular weight is 338 g/mol. The zero-order valence-electron chi connectivity index (χ0n) is 13.6. The van der Waals surface area contributed by atoms with Crippen molar-refractivity contribution in [2.75, 3.05) is 19.6 Å². The van der Waals surface area contributed by atoms with Crippen molar-refractivity contribution in [2.24, 2.45) is 5.92 Å². The van der Waals surface area contributed by atoms with E-state index in [1.807, 2.05) is 0 Å². The molecule has 3 fully saturated rings. The van der Waals surface area contributed by atoms with Crippen LogP contribution in [0.25, 0.3) is 16.7 Å². The van der Waals surface area contributed by atoms with Gasteiger partial charge in [-0.3, -0.25) is 4.79 Å². The van der Waals surface area contributed by atoms with Crippen LogP contribution in [-0.2, 0) is 0 Å². The van der Waals surface area contributed by atoms with Crippen LogP contribution in [0, 0.1) is 5.92 Å². The SMILES string of the molecule is O=C(N[C@H]1CN2CCC1CC2)c1cc2c(-n3cncn3)coc2cn1. The molecule has 3 aliphatic rings. The molecule has 0 aliphatic carbocycles. The number of carbonyl (C=O) groups excluding carboxylic acids is 1. The van der Waals surface area contributed by atoms with E-state index in [2.05, 4.69) is 25.3 Å². The lowest BCUT2D eigenvalue weighted by Crippen LogP contribution is -2.57. The molecule has 1 amide bonds. The van der Waals surface area contributed by atoms with Crippen LogP contribution in [0.1, 0.15) is 23.3 Å². The third-order valence-corrected chi connectivity index (χ3v) is 5.31. The van der Waals surface area contributed by atoms with Crippen molar-refractivity contribution in [3.8, 4) is 5.69 Å². The smallest absolute Gasteiger partial charge is 0.270 e. The molecule has 0 unspecified atom stereocenters. The number of nitrogens with one attached hydrogen (secondary N) is 1. The van der Waals surface area contributed by atoms with Gasteiger partial charge in [-0.05, 0) is 37.9 Å². The molecule has 2 bridgehead atoms. The number of hydrogen-bond acceptors (Lipinski definition) is 6. The van der Waals surface area contributed by atoms with Crippen LogP contribution in [0.5, 0.6) is 0 Å². The first-order valence-corrected chi connectivity index (χ1v) is 8.53. The Hall–Kier alpha value is -2.74. The number of hydrogen-bond donors (Lipinski definition) is 1. The summed E-state index contributed by atoms with van der Waals surface area (Å²) in [6.45, 7) is 3.24. The third kappa shape index (κ3) is 2.49. The summed E-state index contributed by atoms with van der Waals surface area (Å²) in [4.78, 5) is 23.3. The zero-order chi connectivity index (χ0) is 16.8. The molecule has 3 aliphatic heterocycles. The van der Waals surface area contributed by atoms with E-state index in [-0.39, 0.29) is 11.9 Å². The van der Waals surface area contributed by atoms with Crippen molar-refractivity contribution in [3.63, 3.8) is 0 Å². The van der Waals surface area contributed by atoms with Crippen molar-refractivity contribution in [1.82, 2.24) is 30.0 Å². The lowest BCUT2D eigenvalue weighted by atomic mass is 9.84. The quantitative estimate of drug-likeness (QED) is 0.773. The van der Waals surface area contributed by atoms with Gasteiger partial charge in [-0.25, -0.2) is 14.6 Å². The molecule has 1 atom stereocenters. The molecule has 0 spiro atoms. The molecular weight excluding hydrogens is 320 g/mol. The van der Waals surface area contributed by atoms with Crippen molar-refractivity contribution in [2.45, 2.75) is 18.9 Å². The normalized spacial score (nSPS) is 25.4. The van der Waals surface area contributed by atoms with Crippen LogP contribution in [-0.4, -0.2) is 56.2 Å². The Bertz CT molecular complexity index is 911. The Morgan fingerprint density at radius 2 is 2.20 bits per heavy atom. The second-order valence-corrected chi connectivity index (χ2v) is 6.74. The lowest BCUT2D eigenvalue weighted by Gasteiger charge is -2.44. The van der Waals surface area contributed by atoms with Gasteiger partial charge in [0.15, 0.2) is 5.58 Å². The minimum atomic E-state index is -0.133. The summed E-state index contributed by atoms with van der Waals surface area (Å²) in [7, 11) is 0. The summed E-state index contributed by atoms with van der Waals surface area (Å²) in [6, 6.07) is 1.97. The van der Waals surface area contributed by atoms with Gasteiger partial charge in [-0.2, -0.15) is 5.10 Å². The highest BCUT2D eigenvalue weighted by Crippen LogP contribution is 2.28. The minimum absolute atomic E-state index is 0.133. The van der Waals surface area contributed by atoms with Crippen LogP contribution in [0.4, 0.5) is 0 Å². The number of furan rings is 1. The van der Waals surface area contributed by atoms with Crippen molar-refractivity contribution in [3.05, 3.63) is 36.9 Å². The van der Waals surface area contributed by atoms with E-state index in [4.69, 9.17) is 4.42 Å². The van der Waals surface area contributed by atoms with Gasteiger partial charge in [0.05, 0.1) is 11.6 Å². The van der Waals surface area contributed by atoms with Crippen molar-refractivity contribution >= 4 is 16.9 Å². The molecule has 3 aromatic heterocycles. The Labute approximate surface area is 143 Å². The fourth-order valence-electron chi connectivity index (χ4n) is 3.92. The monoisotopic (exact) mass is 338 g/mol. The summed E-state index contributed by atoms with van der Waals surface area (Å²) in [6.07, 6.45) is 8.56. The largest absolute Gasteiger partial charge is 0.460 e. The van der Waals surface area contributed by atoms with E-state index < -0.39 is 0 Å². The van der Waals surface area contributed by atoms with E-state index in [1.54, 1.807) is 29.5 Å². The number of pyridine rings is 1. The highest BCUT2D eigenvalue weighted by atomic mass is 16.3. The van der Waals surface area contributed by atoms with Gasteiger partial charge < -0.3 is 14.6 Å². The van der Waals surface area contributed by atoms with Crippen LogP contribution < -0.4 is 5.32 Å². The summed E-state index contributed by atoms with van der Waals surface area (Å²) in [5, 5.41) is 8.08. The fraction of sp³-hybridized carbons (Fsp3) is 0.412. The highest BCUT2D eigenvalue weighted by molar-refractivity contribution is 5.97. The first kappa shape index (κ1) is 14.6. The first-order valence-electron chi connectivity index (χ1n) is 8.53. The number of aromatic nitrogens is 4. The Morgan fingerprint density at radius 1 is 1.32 bits per heavy atom. The molecule has 8 nitrogen and oxygen atoms in total. The zero-order valence-corrected chi connectivity index (χ0v) is 13.6. The molecule has 6 rings (SSSR count). The van der Waals surface area contributed by atoms with E-state index in [9.17, 15) is 4.79 Å². The second kappa shape index (κ2) is 5.66. The molecule has 1 N–H and O–H groups in total. The van der Waals surface area contributed by atoms with Crippen molar-refractivity contribution in [1.29, 1.82) is 0 Å². The van der Waals surface area contributed by atoms with Crippen molar-refractivity contribution < 1.29 is 9.21 Å². The molecule has 0 radical (unpaired) electrons. The van der Waals surface area contributed by atoms with E-state index in [1.165, 1.54) is 6.33 Å². The van der Waals surface area contributed by atoms with Gasteiger partial charge in [0, 0.05) is 12.6 Å². The number of fused-ring (bicyclic) bond motifs is 4. The summed E-state index contributed by atoms with van der Waals surface area (Å²) in [5.74, 6) is 0.448. The van der Waals surface area contributed by atoms with Crippen LogP contribution >= 0.6 is 0 Å². The fourth-order valence-corrected chi connectivity index (χ4v) is 3.92. The molecule has 8 heteroatoms. The molecule has 128 valence electrons. The van der Waals surface area contributed by atoms with Crippen LogP contribution in [0.2, 0.25) is 0 Å². The standard InChI is InChI=1S/C17H18N6O2/c24-17(21-14-7-22-3-1-11(14)2-4-22)13-5-12-15(23-10-18-9-20-23)8-25-16(12)6-19-13/h5-6,8-11,14H,1-4,7H2,(H,21,24)/t14-/m0/s1. The molecule has 3 aromatic rings. The molecule has 6 heterocycles. The highest BCUT2D eigenvalue weighted by Gasteiger charge is 2.35. The summed E-state index contributed by atoms with van der Waals surface area (Å²) < 4.78 is 7.12. The minimum Gasteiger partial charge on any atom is -0.460 e. The van der Waals surface area contributed by atoms with Crippen LogP contribution in [0.15, 0.2) is 35.6 Å². The number of piperidine rings is 3. The van der Waals surface area contributed by atoms with Crippen LogP contribution in [0.3, 0.4) is 0 Å². The van der Waals surface area contributed by atoms with E-state index >= 15 is 0 Å². The van der Waals surface area contributed by atoms with Gasteiger partial charge in [0.25, 0.3) is 5.91 Å². The molecule has 0 aromatic carbocycles. The maximum absolute atomic E-state index is 12.7. The van der Waals surface area contributed by atoms with Gasteiger partial charge in [-0.15, -0.1) is 0 Å². The predicted molar refractivity (Wildman–Crippen MR) is 89.3 cm³/mol. The third-order valence-electron chi connectivity index (χ3n) is 5.31. The maximum Gasteiger partial charge on any atom is 0.270 e. The molecule has 0 saturated carbocycles. The molecule has 3 saturated heterocycles. The van der Waals surface area contributed by atoms with Gasteiger partial charge in [-0.1, -0.05) is 0 Å². The summed E-state index contributed by atoms with van der Waals surface area (Å²) >= 11 is 0. The Kier molecular flexibility index (Phi) is 3.30. The Morgan fingerprint density at radius 3 is 2.92 bits per heavy atom. The number of rotatable bonds is 3. The number of amides is 1. The van der Waals surface area contributed by atoms with E-state index in [0.29, 0.717) is 17.2 Å². The van der Waals surface area contributed by atoms with Gasteiger partial charge in [0.2, 0.25) is 0 Å². The maximum atomic E-state index is 12.7. The van der Waals surface area contributed by atoms with Gasteiger partial charge >= 0.3 is 0 Å². The average Bonchev–Trinajstić information content (AvgIpc) is 3.31. The predicted octanol–water partition coefficient (Wildman–Crippen LogP) is 1.23. The second-order valence-electron chi connectivity index (χ2n) is 6.74.